The molecule has 1 aliphatic heterocycles. The van der Waals surface area contributed by atoms with Crippen molar-refractivity contribution in [2.45, 2.75) is 39.2 Å². The van der Waals surface area contributed by atoms with Gasteiger partial charge in [0.15, 0.2) is 0 Å². The lowest BCUT2D eigenvalue weighted by atomic mass is 9.89. The minimum Gasteiger partial charge on any atom is -0.378 e. The second kappa shape index (κ2) is 2.78. The van der Waals surface area contributed by atoms with Gasteiger partial charge >= 0.3 is 0 Å². The van der Waals surface area contributed by atoms with Crippen molar-refractivity contribution in [2.24, 2.45) is 17.8 Å². The van der Waals surface area contributed by atoms with Crippen molar-refractivity contribution in [3.05, 3.63) is 0 Å². The Labute approximate surface area is 69.1 Å². The quantitative estimate of drug-likeness (QED) is 0.593. The van der Waals surface area contributed by atoms with E-state index in [-0.39, 0.29) is 0 Å². The van der Waals surface area contributed by atoms with E-state index in [4.69, 9.17) is 4.74 Å². The lowest BCUT2D eigenvalue weighted by Crippen LogP contribution is -2.30. The average molecular weight is 154 g/mol. The highest BCUT2D eigenvalue weighted by Gasteiger charge is 2.48. The summed E-state index contributed by atoms with van der Waals surface area (Å²) >= 11 is 0. The van der Waals surface area contributed by atoms with Crippen LogP contribution in [0.5, 0.6) is 0 Å². The largest absolute Gasteiger partial charge is 0.378 e. The molecule has 0 spiro atoms. The summed E-state index contributed by atoms with van der Waals surface area (Å²) in [4.78, 5) is 0. The molecule has 4 unspecified atom stereocenters. The molecule has 1 aliphatic carbocycles. The zero-order valence-electron chi connectivity index (χ0n) is 7.55. The van der Waals surface area contributed by atoms with E-state index in [2.05, 4.69) is 13.8 Å². The van der Waals surface area contributed by atoms with Crippen LogP contribution in [-0.4, -0.2) is 12.7 Å². The molecule has 2 aliphatic rings. The molecule has 0 aromatic carbocycles. The number of rotatable bonds is 2. The Balaban J connectivity index is 1.98. The summed E-state index contributed by atoms with van der Waals surface area (Å²) in [7, 11) is 0. The molecule has 0 N–H and O–H groups in total. The predicted octanol–water partition coefficient (Wildman–Crippen LogP) is 2.46. The van der Waals surface area contributed by atoms with Crippen LogP contribution in [0.1, 0.15) is 33.1 Å². The summed E-state index contributed by atoms with van der Waals surface area (Å²) in [5.74, 6) is 2.88. The van der Waals surface area contributed by atoms with Gasteiger partial charge < -0.3 is 4.74 Å². The molecule has 4 atom stereocenters. The molecule has 1 heterocycles. The smallest absolute Gasteiger partial charge is 0.0603 e. The second-order valence-corrected chi connectivity index (χ2v) is 4.01. The van der Waals surface area contributed by atoms with E-state index in [1.54, 1.807) is 0 Å². The van der Waals surface area contributed by atoms with Crippen LogP contribution in [0.2, 0.25) is 0 Å². The van der Waals surface area contributed by atoms with Crippen molar-refractivity contribution in [1.29, 1.82) is 0 Å². The Hall–Kier alpha value is -0.0400. The predicted molar refractivity (Wildman–Crippen MR) is 45.4 cm³/mol. The Bertz CT molecular complexity index is 144. The Morgan fingerprint density at radius 1 is 1.27 bits per heavy atom. The first kappa shape index (κ1) is 7.60. The van der Waals surface area contributed by atoms with Gasteiger partial charge in [-0.05, 0) is 30.6 Å². The van der Waals surface area contributed by atoms with Gasteiger partial charge in [0.2, 0.25) is 0 Å². The van der Waals surface area contributed by atoms with Crippen molar-refractivity contribution in [1.82, 2.24) is 0 Å². The van der Waals surface area contributed by atoms with Gasteiger partial charge in [-0.15, -0.1) is 0 Å². The number of fused-ring (bicyclic) bond motifs is 1. The molecule has 64 valence electrons. The zero-order valence-corrected chi connectivity index (χ0v) is 7.55. The van der Waals surface area contributed by atoms with E-state index in [9.17, 15) is 0 Å². The van der Waals surface area contributed by atoms with Gasteiger partial charge in [0.05, 0.1) is 12.7 Å². The first-order valence-electron chi connectivity index (χ1n) is 4.98. The number of ether oxygens (including phenoxy) is 1. The monoisotopic (exact) mass is 154 g/mol. The van der Waals surface area contributed by atoms with Crippen LogP contribution >= 0.6 is 0 Å². The van der Waals surface area contributed by atoms with Crippen LogP contribution in [0, 0.1) is 17.8 Å². The van der Waals surface area contributed by atoms with Gasteiger partial charge in [-0.2, -0.15) is 0 Å². The molecular formula is C10H18O. The highest BCUT2D eigenvalue weighted by molar-refractivity contribution is 4.96. The van der Waals surface area contributed by atoms with E-state index in [1.165, 1.54) is 19.3 Å². The fourth-order valence-electron chi connectivity index (χ4n) is 2.62. The van der Waals surface area contributed by atoms with E-state index in [1.807, 2.05) is 0 Å². The van der Waals surface area contributed by atoms with Crippen LogP contribution in [0.4, 0.5) is 0 Å². The summed E-state index contributed by atoms with van der Waals surface area (Å²) in [5, 5.41) is 0. The third kappa shape index (κ3) is 1.20. The van der Waals surface area contributed by atoms with Crippen LogP contribution < -0.4 is 0 Å². The summed E-state index contributed by atoms with van der Waals surface area (Å²) in [6.45, 7) is 5.60. The molecule has 1 nitrogen and oxygen atoms in total. The minimum atomic E-state index is 0.587. The van der Waals surface area contributed by atoms with Crippen LogP contribution in [0.15, 0.2) is 0 Å². The Morgan fingerprint density at radius 2 is 2.09 bits per heavy atom. The SMILES string of the molecule is CCC1OCC2CC2C1CC. The molecule has 0 radical (unpaired) electrons. The molecule has 0 amide bonds. The van der Waals surface area contributed by atoms with Crippen molar-refractivity contribution < 1.29 is 4.74 Å². The van der Waals surface area contributed by atoms with Crippen molar-refractivity contribution in [2.75, 3.05) is 6.61 Å². The first-order chi connectivity index (χ1) is 5.36. The summed E-state index contributed by atoms with van der Waals surface area (Å²) in [6, 6.07) is 0. The maximum atomic E-state index is 5.78. The van der Waals surface area contributed by atoms with E-state index in [0.717, 1.165) is 24.4 Å². The fraction of sp³-hybridized carbons (Fsp3) is 1.00. The van der Waals surface area contributed by atoms with Gasteiger partial charge in [0.25, 0.3) is 0 Å². The fourth-order valence-corrected chi connectivity index (χ4v) is 2.62. The number of hydrogen-bond acceptors (Lipinski definition) is 1. The molecule has 11 heavy (non-hydrogen) atoms. The molecule has 0 bridgehead atoms. The molecule has 1 saturated heterocycles. The number of hydrogen-bond donors (Lipinski definition) is 0. The molecule has 0 aromatic heterocycles. The standard InChI is InChI=1S/C10H18O/c1-3-8-9-5-7(9)6-11-10(8)4-2/h7-10H,3-6H2,1-2H3. The highest BCUT2D eigenvalue weighted by Crippen LogP contribution is 2.51. The van der Waals surface area contributed by atoms with Crippen LogP contribution in [0.3, 0.4) is 0 Å². The topological polar surface area (TPSA) is 9.23 Å². The molecular weight excluding hydrogens is 136 g/mol. The van der Waals surface area contributed by atoms with Crippen molar-refractivity contribution in [3.63, 3.8) is 0 Å². The maximum Gasteiger partial charge on any atom is 0.0603 e. The lowest BCUT2D eigenvalue weighted by molar-refractivity contribution is -0.0353. The van der Waals surface area contributed by atoms with Crippen LogP contribution in [-0.2, 0) is 4.74 Å². The molecule has 2 rings (SSSR count). The molecule has 1 saturated carbocycles. The van der Waals surface area contributed by atoms with Gasteiger partial charge in [0, 0.05) is 0 Å². The third-order valence-electron chi connectivity index (χ3n) is 3.40. The zero-order chi connectivity index (χ0) is 7.84. The molecule has 1 heteroatoms. The van der Waals surface area contributed by atoms with Gasteiger partial charge in [-0.3, -0.25) is 0 Å². The molecule has 0 aromatic rings. The minimum absolute atomic E-state index is 0.587. The van der Waals surface area contributed by atoms with E-state index < -0.39 is 0 Å². The third-order valence-corrected chi connectivity index (χ3v) is 3.40. The van der Waals surface area contributed by atoms with E-state index in [0.29, 0.717) is 6.10 Å². The van der Waals surface area contributed by atoms with Crippen molar-refractivity contribution >= 4 is 0 Å². The normalized spacial score (nSPS) is 48.5. The van der Waals surface area contributed by atoms with Gasteiger partial charge in [0.1, 0.15) is 0 Å². The summed E-state index contributed by atoms with van der Waals surface area (Å²) < 4.78 is 5.78. The van der Waals surface area contributed by atoms with E-state index >= 15 is 0 Å². The van der Waals surface area contributed by atoms with Gasteiger partial charge in [-0.25, -0.2) is 0 Å². The Kier molecular flexibility index (Phi) is 1.92. The summed E-state index contributed by atoms with van der Waals surface area (Å²) in [5.41, 5.74) is 0. The summed E-state index contributed by atoms with van der Waals surface area (Å²) in [6.07, 6.45) is 4.57. The highest BCUT2D eigenvalue weighted by atomic mass is 16.5. The van der Waals surface area contributed by atoms with Gasteiger partial charge in [-0.1, -0.05) is 20.3 Å². The molecule has 2 fully saturated rings. The second-order valence-electron chi connectivity index (χ2n) is 4.01. The lowest BCUT2D eigenvalue weighted by Gasteiger charge is -2.29. The average Bonchev–Trinajstić information content (AvgIpc) is 2.80. The first-order valence-corrected chi connectivity index (χ1v) is 4.98. The van der Waals surface area contributed by atoms with Crippen molar-refractivity contribution in [3.8, 4) is 0 Å². The Morgan fingerprint density at radius 3 is 2.73 bits per heavy atom. The maximum absolute atomic E-state index is 5.78. The van der Waals surface area contributed by atoms with Crippen LogP contribution in [0.25, 0.3) is 0 Å².